The monoisotopic (exact) mass is 420 g/mol. The summed E-state index contributed by atoms with van der Waals surface area (Å²) in [5.41, 5.74) is 0.330. The van der Waals surface area contributed by atoms with Crippen LogP contribution in [0.4, 0.5) is 5.69 Å². The van der Waals surface area contributed by atoms with Crippen molar-refractivity contribution < 1.29 is 4.79 Å². The summed E-state index contributed by atoms with van der Waals surface area (Å²) >= 11 is 8.66. The summed E-state index contributed by atoms with van der Waals surface area (Å²) in [5, 5.41) is 4.03. The number of pyridine rings is 1. The molecule has 0 saturated carbocycles. The topological polar surface area (TPSA) is 76.9 Å². The van der Waals surface area contributed by atoms with E-state index in [0.717, 1.165) is 11.3 Å². The lowest BCUT2D eigenvalue weighted by Gasteiger charge is -2.10. The smallest absolute Gasteiger partial charge is 0.263 e. The Hall–Kier alpha value is -2.16. The van der Waals surface area contributed by atoms with Gasteiger partial charge in [0.2, 0.25) is 5.91 Å². The number of amides is 1. The molecule has 0 atom stereocenters. The number of allylic oxidation sites excluding steroid dienone is 1. The average Bonchev–Trinajstić information content (AvgIpc) is 3.08. The number of hydrogen-bond acceptors (Lipinski definition) is 6. The molecule has 0 saturated heterocycles. The van der Waals surface area contributed by atoms with E-state index in [1.54, 1.807) is 24.4 Å². The Bertz CT molecular complexity index is 1060. The highest BCUT2D eigenvalue weighted by molar-refractivity contribution is 7.99. The van der Waals surface area contributed by atoms with Gasteiger partial charge in [-0.15, -0.1) is 17.9 Å². The Morgan fingerprint density at radius 1 is 1.52 bits per heavy atom. The van der Waals surface area contributed by atoms with Crippen LogP contribution in [0.5, 0.6) is 0 Å². The third-order valence-corrected chi connectivity index (χ3v) is 6.14. The van der Waals surface area contributed by atoms with E-state index < -0.39 is 0 Å². The van der Waals surface area contributed by atoms with Gasteiger partial charge in [0.05, 0.1) is 16.8 Å². The molecule has 0 radical (unpaired) electrons. The van der Waals surface area contributed by atoms with Gasteiger partial charge in [0.25, 0.3) is 5.56 Å². The Labute approximate surface area is 169 Å². The Kier molecular flexibility index (Phi) is 6.30. The number of carbonyl (C=O) groups excluding carboxylic acids is 1. The summed E-state index contributed by atoms with van der Waals surface area (Å²) in [6.07, 6.45) is 4.03. The molecule has 3 aromatic rings. The highest BCUT2D eigenvalue weighted by Gasteiger charge is 2.15. The lowest BCUT2D eigenvalue weighted by molar-refractivity contribution is -0.113. The van der Waals surface area contributed by atoms with Gasteiger partial charge in [-0.3, -0.25) is 14.2 Å². The fraction of sp³-hybridized carbons (Fsp3) is 0.222. The molecule has 0 aliphatic carbocycles. The summed E-state index contributed by atoms with van der Waals surface area (Å²) in [6.45, 7) is 6.07. The number of thioether (sulfide) groups is 1. The van der Waals surface area contributed by atoms with E-state index in [0.29, 0.717) is 27.6 Å². The maximum absolute atomic E-state index is 12.8. The van der Waals surface area contributed by atoms with Crippen LogP contribution in [0.1, 0.15) is 11.8 Å². The van der Waals surface area contributed by atoms with Crippen LogP contribution < -0.4 is 10.9 Å². The van der Waals surface area contributed by atoms with E-state index in [4.69, 9.17) is 11.6 Å². The standard InChI is InChI=1S/C18H17ClN4O2S2/c1-3-8-23-17(25)12-9-11(4-2)27-16(12)22-18(23)26-10-14(24)21-13-6-5-7-20-15(13)19/h3,5-7,9H,1,4,8,10H2,2H3,(H,21,24). The fourth-order valence-electron chi connectivity index (χ4n) is 2.42. The summed E-state index contributed by atoms with van der Waals surface area (Å²) in [7, 11) is 0. The Morgan fingerprint density at radius 3 is 3.04 bits per heavy atom. The average molecular weight is 421 g/mol. The number of halogens is 1. The number of aryl methyl sites for hydroxylation is 1. The second-order valence-corrected chi connectivity index (χ2v) is 7.98. The zero-order valence-electron chi connectivity index (χ0n) is 14.6. The van der Waals surface area contributed by atoms with Crippen molar-refractivity contribution in [3.05, 3.63) is 57.4 Å². The number of carbonyl (C=O) groups is 1. The van der Waals surface area contributed by atoms with E-state index in [9.17, 15) is 9.59 Å². The first-order valence-corrected chi connectivity index (χ1v) is 10.4. The molecule has 3 aromatic heterocycles. The molecule has 0 fully saturated rings. The largest absolute Gasteiger partial charge is 0.323 e. The number of nitrogens with zero attached hydrogens (tertiary/aromatic N) is 3. The maximum atomic E-state index is 12.8. The number of rotatable bonds is 7. The lowest BCUT2D eigenvalue weighted by atomic mass is 10.3. The molecule has 1 N–H and O–H groups in total. The number of fused-ring (bicyclic) bond motifs is 1. The summed E-state index contributed by atoms with van der Waals surface area (Å²) in [4.78, 5) is 35.4. The lowest BCUT2D eigenvalue weighted by Crippen LogP contribution is -2.23. The van der Waals surface area contributed by atoms with E-state index in [2.05, 4.69) is 21.9 Å². The number of aromatic nitrogens is 3. The zero-order chi connectivity index (χ0) is 19.4. The van der Waals surface area contributed by atoms with Crippen molar-refractivity contribution in [2.24, 2.45) is 0 Å². The van der Waals surface area contributed by atoms with Crippen LogP contribution in [0.3, 0.4) is 0 Å². The normalized spacial score (nSPS) is 10.9. The van der Waals surface area contributed by atoms with E-state index >= 15 is 0 Å². The Morgan fingerprint density at radius 2 is 2.33 bits per heavy atom. The van der Waals surface area contributed by atoms with Crippen molar-refractivity contribution in [3.63, 3.8) is 0 Å². The van der Waals surface area contributed by atoms with Crippen molar-refractivity contribution >= 4 is 56.5 Å². The second kappa shape index (κ2) is 8.69. The molecular weight excluding hydrogens is 404 g/mol. The third-order valence-electron chi connectivity index (χ3n) is 3.69. The predicted molar refractivity (Wildman–Crippen MR) is 112 cm³/mol. The fourth-order valence-corrected chi connectivity index (χ4v) is 4.40. The first kappa shape index (κ1) is 19.6. The zero-order valence-corrected chi connectivity index (χ0v) is 17.0. The predicted octanol–water partition coefficient (Wildman–Crippen LogP) is 3.99. The Balaban J connectivity index is 1.84. The minimum atomic E-state index is -0.255. The maximum Gasteiger partial charge on any atom is 0.263 e. The molecule has 3 heterocycles. The van der Waals surface area contributed by atoms with E-state index in [1.807, 2.05) is 13.0 Å². The van der Waals surface area contributed by atoms with Crippen LogP contribution in [-0.4, -0.2) is 26.2 Å². The van der Waals surface area contributed by atoms with Gasteiger partial charge in [0, 0.05) is 17.6 Å². The van der Waals surface area contributed by atoms with Gasteiger partial charge in [0.1, 0.15) is 4.83 Å². The van der Waals surface area contributed by atoms with Gasteiger partial charge in [-0.2, -0.15) is 0 Å². The van der Waals surface area contributed by atoms with Crippen molar-refractivity contribution in [3.8, 4) is 0 Å². The third kappa shape index (κ3) is 4.40. The molecule has 0 aliphatic heterocycles. The van der Waals surface area contributed by atoms with Crippen LogP contribution in [-0.2, 0) is 17.8 Å². The van der Waals surface area contributed by atoms with Gasteiger partial charge in [-0.05, 0) is 24.6 Å². The van der Waals surface area contributed by atoms with Crippen LogP contribution in [0.2, 0.25) is 5.15 Å². The quantitative estimate of drug-likeness (QED) is 0.270. The number of nitrogens with one attached hydrogen (secondary N) is 1. The molecule has 27 heavy (non-hydrogen) atoms. The van der Waals surface area contributed by atoms with E-state index in [1.165, 1.54) is 27.7 Å². The van der Waals surface area contributed by atoms with Gasteiger partial charge in [-0.1, -0.05) is 36.4 Å². The number of hydrogen-bond donors (Lipinski definition) is 1. The first-order valence-electron chi connectivity index (χ1n) is 8.20. The number of thiophene rings is 1. The van der Waals surface area contributed by atoms with Crippen LogP contribution >= 0.6 is 34.7 Å². The van der Waals surface area contributed by atoms with Crippen LogP contribution in [0.15, 0.2) is 47.0 Å². The van der Waals surface area contributed by atoms with Crippen molar-refractivity contribution in [1.29, 1.82) is 0 Å². The summed E-state index contributed by atoms with van der Waals surface area (Å²) in [6, 6.07) is 5.25. The van der Waals surface area contributed by atoms with Gasteiger partial charge < -0.3 is 5.32 Å². The van der Waals surface area contributed by atoms with Gasteiger partial charge in [-0.25, -0.2) is 9.97 Å². The van der Waals surface area contributed by atoms with Gasteiger partial charge >= 0.3 is 0 Å². The molecule has 140 valence electrons. The van der Waals surface area contributed by atoms with Crippen molar-refractivity contribution in [1.82, 2.24) is 14.5 Å². The summed E-state index contributed by atoms with van der Waals surface area (Å²) < 4.78 is 1.54. The minimum Gasteiger partial charge on any atom is -0.323 e. The van der Waals surface area contributed by atoms with Crippen molar-refractivity contribution in [2.75, 3.05) is 11.1 Å². The molecular formula is C18H17ClN4O2S2. The van der Waals surface area contributed by atoms with Crippen LogP contribution in [0.25, 0.3) is 10.2 Å². The SMILES string of the molecule is C=CCn1c(SCC(=O)Nc2cccnc2Cl)nc2sc(CC)cc2c1=O. The molecule has 0 bridgehead atoms. The van der Waals surface area contributed by atoms with Crippen LogP contribution in [0, 0.1) is 0 Å². The highest BCUT2D eigenvalue weighted by atomic mass is 35.5. The van der Waals surface area contributed by atoms with E-state index in [-0.39, 0.29) is 22.4 Å². The molecule has 1 amide bonds. The first-order chi connectivity index (χ1) is 13.0. The highest BCUT2D eigenvalue weighted by Crippen LogP contribution is 2.25. The van der Waals surface area contributed by atoms with Crippen molar-refractivity contribution in [2.45, 2.75) is 25.0 Å². The molecule has 0 spiro atoms. The number of anilines is 1. The molecule has 3 rings (SSSR count). The molecule has 0 aliphatic rings. The molecule has 0 aromatic carbocycles. The van der Waals surface area contributed by atoms with Gasteiger partial charge in [0.15, 0.2) is 10.3 Å². The summed E-state index contributed by atoms with van der Waals surface area (Å²) in [5.74, 6) is -0.165. The molecule has 0 unspecified atom stereocenters. The molecule has 9 heteroatoms. The second-order valence-electron chi connectivity index (χ2n) is 5.56. The molecule has 6 nitrogen and oxygen atoms in total. The minimum absolute atomic E-state index is 0.0896.